The van der Waals surface area contributed by atoms with Crippen molar-refractivity contribution in [2.24, 2.45) is 11.8 Å². The molecule has 2 aliphatic rings. The van der Waals surface area contributed by atoms with E-state index < -0.39 is 0 Å². The van der Waals surface area contributed by atoms with E-state index >= 15 is 0 Å². The third kappa shape index (κ3) is 2.76. The second-order valence-corrected chi connectivity index (χ2v) is 5.71. The van der Waals surface area contributed by atoms with E-state index in [4.69, 9.17) is 5.11 Å². The maximum absolute atomic E-state index is 12.2. The molecule has 0 aromatic carbocycles. The Morgan fingerprint density at radius 2 is 1.95 bits per heavy atom. The lowest BCUT2D eigenvalue weighted by molar-refractivity contribution is -0.142. The molecule has 1 unspecified atom stereocenters. The number of likely N-dealkylation sites (tertiary alicyclic amines) is 2. The Hall–Kier alpha value is -1.10. The van der Waals surface area contributed by atoms with E-state index in [0.717, 1.165) is 12.8 Å². The monoisotopic (exact) mass is 268 g/mol. The molecule has 0 saturated carbocycles. The molecule has 1 N–H and O–H groups in total. The molecule has 0 aromatic rings. The van der Waals surface area contributed by atoms with Crippen LogP contribution in [0.2, 0.25) is 0 Å². The molecule has 2 aliphatic heterocycles. The van der Waals surface area contributed by atoms with Gasteiger partial charge in [-0.1, -0.05) is 13.8 Å². The SMILES string of the molecule is CCC(CC)N1CC(C(=O)N2CC(CO)C2)CC1=O. The fraction of sp³-hybridized carbons (Fsp3) is 0.857. The van der Waals surface area contributed by atoms with Crippen LogP contribution >= 0.6 is 0 Å². The van der Waals surface area contributed by atoms with Crippen LogP contribution in [0.15, 0.2) is 0 Å². The Kier molecular flexibility index (Phi) is 4.45. The highest BCUT2D eigenvalue weighted by Crippen LogP contribution is 2.27. The summed E-state index contributed by atoms with van der Waals surface area (Å²) >= 11 is 0. The maximum atomic E-state index is 12.2. The number of rotatable bonds is 5. The minimum absolute atomic E-state index is 0.0894. The van der Waals surface area contributed by atoms with Crippen molar-refractivity contribution in [1.82, 2.24) is 9.80 Å². The van der Waals surface area contributed by atoms with Crippen LogP contribution in [-0.2, 0) is 9.59 Å². The second kappa shape index (κ2) is 5.90. The van der Waals surface area contributed by atoms with Gasteiger partial charge in [0.05, 0.1) is 5.92 Å². The molecule has 0 aromatic heterocycles. The van der Waals surface area contributed by atoms with E-state index in [2.05, 4.69) is 13.8 Å². The summed E-state index contributed by atoms with van der Waals surface area (Å²) in [6.45, 7) is 6.17. The minimum atomic E-state index is -0.173. The minimum Gasteiger partial charge on any atom is -0.396 e. The van der Waals surface area contributed by atoms with Gasteiger partial charge in [0.25, 0.3) is 0 Å². The maximum Gasteiger partial charge on any atom is 0.228 e. The first kappa shape index (κ1) is 14.3. The number of hydrogen-bond acceptors (Lipinski definition) is 3. The second-order valence-electron chi connectivity index (χ2n) is 5.71. The number of amides is 2. The molecular weight excluding hydrogens is 244 g/mol. The van der Waals surface area contributed by atoms with Crippen molar-refractivity contribution < 1.29 is 14.7 Å². The molecule has 0 bridgehead atoms. The Bertz CT molecular complexity index is 349. The summed E-state index contributed by atoms with van der Waals surface area (Å²) in [7, 11) is 0. The van der Waals surface area contributed by atoms with Gasteiger partial charge in [-0.15, -0.1) is 0 Å². The zero-order valence-corrected chi connectivity index (χ0v) is 11.8. The first-order valence-corrected chi connectivity index (χ1v) is 7.29. The third-order valence-corrected chi connectivity index (χ3v) is 4.42. The zero-order chi connectivity index (χ0) is 14.0. The van der Waals surface area contributed by atoms with Crippen molar-refractivity contribution in [3.05, 3.63) is 0 Å². The highest BCUT2D eigenvalue weighted by atomic mass is 16.3. The molecule has 0 radical (unpaired) electrons. The summed E-state index contributed by atoms with van der Waals surface area (Å²) in [6, 6.07) is 0.270. The summed E-state index contributed by atoms with van der Waals surface area (Å²) in [5.41, 5.74) is 0. The van der Waals surface area contributed by atoms with Crippen molar-refractivity contribution in [2.75, 3.05) is 26.2 Å². The number of carbonyl (C=O) groups is 2. The van der Waals surface area contributed by atoms with Gasteiger partial charge in [-0.25, -0.2) is 0 Å². The summed E-state index contributed by atoms with van der Waals surface area (Å²) in [5.74, 6) is 0.265. The predicted octanol–water partition coefficient (Wildman–Crippen LogP) is 0.474. The van der Waals surface area contributed by atoms with Gasteiger partial charge in [0, 0.05) is 44.6 Å². The Morgan fingerprint density at radius 1 is 1.32 bits per heavy atom. The number of nitrogens with zero attached hydrogens (tertiary/aromatic N) is 2. The lowest BCUT2D eigenvalue weighted by Gasteiger charge is -2.39. The summed E-state index contributed by atoms with van der Waals surface area (Å²) < 4.78 is 0. The Morgan fingerprint density at radius 3 is 2.47 bits per heavy atom. The van der Waals surface area contributed by atoms with Crippen molar-refractivity contribution in [3.8, 4) is 0 Å². The van der Waals surface area contributed by atoms with E-state index in [0.29, 0.717) is 26.1 Å². The molecule has 0 aliphatic carbocycles. The molecule has 0 spiro atoms. The van der Waals surface area contributed by atoms with Crippen LogP contribution in [0.1, 0.15) is 33.1 Å². The molecule has 5 heteroatoms. The normalized spacial score (nSPS) is 24.2. The molecule has 2 amide bonds. The van der Waals surface area contributed by atoms with Crippen LogP contribution in [0.5, 0.6) is 0 Å². The van der Waals surface area contributed by atoms with E-state index in [1.54, 1.807) is 4.90 Å². The van der Waals surface area contributed by atoms with Crippen molar-refractivity contribution in [1.29, 1.82) is 0 Å². The molecular formula is C14H24N2O3. The van der Waals surface area contributed by atoms with Gasteiger partial charge in [0.1, 0.15) is 0 Å². The van der Waals surface area contributed by atoms with Gasteiger partial charge in [-0.3, -0.25) is 9.59 Å². The first-order valence-electron chi connectivity index (χ1n) is 7.29. The topological polar surface area (TPSA) is 60.9 Å². The van der Waals surface area contributed by atoms with E-state index in [9.17, 15) is 9.59 Å². The Balaban J connectivity index is 1.90. The standard InChI is InChI=1S/C14H24N2O3/c1-3-12(4-2)16-8-11(5-13(16)18)14(19)15-6-10(7-15)9-17/h10-12,17H,3-9H2,1-2H3. The fourth-order valence-electron chi connectivity index (χ4n) is 3.10. The van der Waals surface area contributed by atoms with Gasteiger partial charge in [-0.2, -0.15) is 0 Å². The smallest absolute Gasteiger partial charge is 0.228 e. The Labute approximate surface area is 114 Å². The van der Waals surface area contributed by atoms with E-state index in [1.165, 1.54) is 0 Å². The molecule has 2 fully saturated rings. The van der Waals surface area contributed by atoms with Crippen molar-refractivity contribution >= 4 is 11.8 Å². The molecule has 108 valence electrons. The van der Waals surface area contributed by atoms with Crippen LogP contribution in [0.3, 0.4) is 0 Å². The van der Waals surface area contributed by atoms with Crippen LogP contribution < -0.4 is 0 Å². The lowest BCUT2D eigenvalue weighted by atomic mass is 9.97. The third-order valence-electron chi connectivity index (χ3n) is 4.42. The van der Waals surface area contributed by atoms with Gasteiger partial charge < -0.3 is 14.9 Å². The highest BCUT2D eigenvalue weighted by molar-refractivity contribution is 5.89. The van der Waals surface area contributed by atoms with Crippen LogP contribution in [0.25, 0.3) is 0 Å². The molecule has 2 heterocycles. The number of carbonyl (C=O) groups excluding carboxylic acids is 2. The van der Waals surface area contributed by atoms with E-state index in [1.807, 2.05) is 4.90 Å². The van der Waals surface area contributed by atoms with Crippen LogP contribution in [0, 0.1) is 11.8 Å². The molecule has 2 rings (SSSR count). The number of aliphatic hydroxyl groups excluding tert-OH is 1. The summed E-state index contributed by atoms with van der Waals surface area (Å²) in [6.07, 6.45) is 2.24. The average molecular weight is 268 g/mol. The van der Waals surface area contributed by atoms with Crippen LogP contribution in [0.4, 0.5) is 0 Å². The predicted molar refractivity (Wildman–Crippen MR) is 71.3 cm³/mol. The molecule has 2 saturated heterocycles. The highest BCUT2D eigenvalue weighted by Gasteiger charge is 2.41. The van der Waals surface area contributed by atoms with Gasteiger partial charge in [-0.05, 0) is 12.8 Å². The van der Waals surface area contributed by atoms with Gasteiger partial charge in [0.15, 0.2) is 0 Å². The number of aliphatic hydroxyl groups is 1. The summed E-state index contributed by atoms with van der Waals surface area (Å²) in [4.78, 5) is 27.9. The number of hydrogen-bond donors (Lipinski definition) is 1. The summed E-state index contributed by atoms with van der Waals surface area (Å²) in [5, 5.41) is 8.97. The molecule has 19 heavy (non-hydrogen) atoms. The lowest BCUT2D eigenvalue weighted by Crippen LogP contribution is -2.53. The fourth-order valence-corrected chi connectivity index (χ4v) is 3.10. The van der Waals surface area contributed by atoms with Gasteiger partial charge >= 0.3 is 0 Å². The van der Waals surface area contributed by atoms with Crippen molar-refractivity contribution in [3.63, 3.8) is 0 Å². The average Bonchev–Trinajstić information content (AvgIpc) is 2.72. The van der Waals surface area contributed by atoms with Gasteiger partial charge in [0.2, 0.25) is 11.8 Å². The largest absolute Gasteiger partial charge is 0.396 e. The zero-order valence-electron chi connectivity index (χ0n) is 11.8. The molecule has 1 atom stereocenters. The van der Waals surface area contributed by atoms with Crippen LogP contribution in [-0.4, -0.2) is 59.0 Å². The van der Waals surface area contributed by atoms with Crippen molar-refractivity contribution in [2.45, 2.75) is 39.2 Å². The molecule has 5 nitrogen and oxygen atoms in total. The van der Waals surface area contributed by atoms with E-state index in [-0.39, 0.29) is 36.3 Å². The quantitative estimate of drug-likeness (QED) is 0.788. The first-order chi connectivity index (χ1) is 9.10.